The van der Waals surface area contributed by atoms with E-state index in [4.69, 9.17) is 11.6 Å². The maximum atomic E-state index is 12.3. The van der Waals surface area contributed by atoms with E-state index >= 15 is 0 Å². The van der Waals surface area contributed by atoms with E-state index in [1.807, 2.05) is 19.9 Å². The molecule has 0 radical (unpaired) electrons. The molecule has 0 aliphatic heterocycles. The second-order valence-electron chi connectivity index (χ2n) is 5.15. The summed E-state index contributed by atoms with van der Waals surface area (Å²) in [6.45, 7) is 4.36. The standard InChI is InChI=1S/C16H17ClN4O3/c1-3-20(15-7-6-13(9-18-15)21(23)24)10-16(22)19-14-8-12(17)5-4-11(14)2/h4-9H,3,10H2,1-2H3,(H,19,22). The molecule has 0 saturated carbocycles. The van der Waals surface area contributed by atoms with Gasteiger partial charge < -0.3 is 10.2 Å². The van der Waals surface area contributed by atoms with E-state index in [-0.39, 0.29) is 18.1 Å². The van der Waals surface area contributed by atoms with Gasteiger partial charge in [0.25, 0.3) is 5.69 Å². The van der Waals surface area contributed by atoms with Crippen molar-refractivity contribution in [1.29, 1.82) is 0 Å². The molecule has 1 aromatic heterocycles. The Morgan fingerprint density at radius 3 is 2.71 bits per heavy atom. The number of benzene rings is 1. The van der Waals surface area contributed by atoms with Gasteiger partial charge in [-0.05, 0) is 37.6 Å². The Bertz CT molecular complexity index is 749. The van der Waals surface area contributed by atoms with Crippen molar-refractivity contribution in [3.05, 3.63) is 57.2 Å². The van der Waals surface area contributed by atoms with Crippen LogP contribution in [0.15, 0.2) is 36.5 Å². The van der Waals surface area contributed by atoms with Gasteiger partial charge in [-0.3, -0.25) is 14.9 Å². The van der Waals surface area contributed by atoms with Crippen LogP contribution in [0.4, 0.5) is 17.2 Å². The highest BCUT2D eigenvalue weighted by Gasteiger charge is 2.14. The van der Waals surface area contributed by atoms with Crippen LogP contribution in [0.5, 0.6) is 0 Å². The Morgan fingerprint density at radius 1 is 1.38 bits per heavy atom. The zero-order valence-electron chi connectivity index (χ0n) is 13.3. The number of aryl methyl sites for hydroxylation is 1. The largest absolute Gasteiger partial charge is 0.348 e. The normalized spacial score (nSPS) is 10.3. The van der Waals surface area contributed by atoms with Gasteiger partial charge in [0.1, 0.15) is 12.0 Å². The molecule has 8 heteroatoms. The summed E-state index contributed by atoms with van der Waals surface area (Å²) in [4.78, 5) is 28.2. The number of nitrogens with zero attached hydrogens (tertiary/aromatic N) is 3. The van der Waals surface area contributed by atoms with Crippen LogP contribution in [0.1, 0.15) is 12.5 Å². The van der Waals surface area contributed by atoms with Crippen LogP contribution >= 0.6 is 11.6 Å². The molecule has 0 bridgehead atoms. The molecule has 7 nitrogen and oxygen atoms in total. The predicted octanol–water partition coefficient (Wildman–Crippen LogP) is 3.42. The molecular weight excluding hydrogens is 332 g/mol. The first-order chi connectivity index (χ1) is 11.4. The highest BCUT2D eigenvalue weighted by Crippen LogP contribution is 2.20. The zero-order valence-corrected chi connectivity index (χ0v) is 14.1. The van der Waals surface area contributed by atoms with Gasteiger partial charge in [0, 0.05) is 23.3 Å². The fraction of sp³-hybridized carbons (Fsp3) is 0.250. The fourth-order valence-corrected chi connectivity index (χ4v) is 2.29. The molecule has 2 aromatic rings. The maximum absolute atomic E-state index is 12.3. The molecule has 24 heavy (non-hydrogen) atoms. The Morgan fingerprint density at radius 2 is 2.12 bits per heavy atom. The number of rotatable bonds is 6. The number of hydrogen-bond donors (Lipinski definition) is 1. The molecule has 0 aliphatic carbocycles. The van der Waals surface area contributed by atoms with Gasteiger partial charge in [0.2, 0.25) is 5.91 Å². The van der Waals surface area contributed by atoms with Crippen molar-refractivity contribution in [1.82, 2.24) is 4.98 Å². The monoisotopic (exact) mass is 348 g/mol. The number of hydrogen-bond acceptors (Lipinski definition) is 5. The molecule has 0 unspecified atom stereocenters. The first-order valence-electron chi connectivity index (χ1n) is 7.32. The number of carbonyl (C=O) groups excluding carboxylic acids is 1. The molecule has 0 spiro atoms. The van der Waals surface area contributed by atoms with Gasteiger partial charge >= 0.3 is 0 Å². The topological polar surface area (TPSA) is 88.4 Å². The number of carbonyl (C=O) groups is 1. The molecule has 1 heterocycles. The zero-order chi connectivity index (χ0) is 17.7. The van der Waals surface area contributed by atoms with Crippen molar-refractivity contribution in [2.45, 2.75) is 13.8 Å². The Hall–Kier alpha value is -2.67. The van der Waals surface area contributed by atoms with Gasteiger partial charge in [-0.25, -0.2) is 4.98 Å². The molecule has 0 atom stereocenters. The summed E-state index contributed by atoms with van der Waals surface area (Å²) in [5.74, 6) is 0.281. The van der Waals surface area contributed by atoms with Crippen LogP contribution in [-0.4, -0.2) is 28.9 Å². The summed E-state index contributed by atoms with van der Waals surface area (Å²) in [6, 6.07) is 8.16. The lowest BCUT2D eigenvalue weighted by Crippen LogP contribution is -2.33. The molecule has 2 rings (SSSR count). The lowest BCUT2D eigenvalue weighted by atomic mass is 10.2. The number of amides is 1. The summed E-state index contributed by atoms with van der Waals surface area (Å²) in [7, 11) is 0. The molecule has 1 aromatic carbocycles. The van der Waals surface area contributed by atoms with Crippen LogP contribution in [0, 0.1) is 17.0 Å². The molecule has 1 amide bonds. The summed E-state index contributed by atoms with van der Waals surface area (Å²) in [5, 5.41) is 14.0. The second kappa shape index (κ2) is 7.74. The smallest absolute Gasteiger partial charge is 0.287 e. The van der Waals surface area contributed by atoms with Crippen molar-refractivity contribution in [3.63, 3.8) is 0 Å². The van der Waals surface area contributed by atoms with Crippen LogP contribution in [0.2, 0.25) is 5.02 Å². The number of anilines is 2. The Balaban J connectivity index is 2.07. The van der Waals surface area contributed by atoms with Gasteiger partial charge in [0.05, 0.1) is 11.5 Å². The molecule has 0 aliphatic rings. The minimum Gasteiger partial charge on any atom is -0.348 e. The number of likely N-dealkylation sites (N-methyl/N-ethyl adjacent to an activating group) is 1. The van der Waals surface area contributed by atoms with Crippen molar-refractivity contribution in [2.24, 2.45) is 0 Å². The van der Waals surface area contributed by atoms with Crippen molar-refractivity contribution < 1.29 is 9.72 Å². The quantitative estimate of drug-likeness (QED) is 0.638. The van der Waals surface area contributed by atoms with E-state index < -0.39 is 4.92 Å². The lowest BCUT2D eigenvalue weighted by Gasteiger charge is -2.21. The fourth-order valence-electron chi connectivity index (χ4n) is 2.12. The maximum Gasteiger partial charge on any atom is 0.287 e. The average molecular weight is 349 g/mol. The van der Waals surface area contributed by atoms with E-state index in [9.17, 15) is 14.9 Å². The van der Waals surface area contributed by atoms with Gasteiger partial charge in [-0.2, -0.15) is 0 Å². The van der Waals surface area contributed by atoms with Crippen LogP contribution in [0.25, 0.3) is 0 Å². The number of nitrogens with one attached hydrogen (secondary N) is 1. The second-order valence-corrected chi connectivity index (χ2v) is 5.59. The van der Waals surface area contributed by atoms with E-state index in [0.717, 1.165) is 5.56 Å². The van der Waals surface area contributed by atoms with Crippen molar-refractivity contribution >= 4 is 34.7 Å². The third kappa shape index (κ3) is 4.42. The van der Waals surface area contributed by atoms with E-state index in [1.165, 1.54) is 18.3 Å². The van der Waals surface area contributed by atoms with Gasteiger partial charge in [0.15, 0.2) is 0 Å². The summed E-state index contributed by atoms with van der Waals surface area (Å²) >= 11 is 5.94. The Labute approximate surface area is 144 Å². The highest BCUT2D eigenvalue weighted by molar-refractivity contribution is 6.31. The molecule has 0 fully saturated rings. The van der Waals surface area contributed by atoms with Gasteiger partial charge in [-0.15, -0.1) is 0 Å². The third-order valence-electron chi connectivity index (χ3n) is 3.46. The molecule has 0 saturated heterocycles. The summed E-state index contributed by atoms with van der Waals surface area (Å²) < 4.78 is 0. The molecular formula is C16H17ClN4O3. The molecule has 1 N–H and O–H groups in total. The lowest BCUT2D eigenvalue weighted by molar-refractivity contribution is -0.385. The van der Waals surface area contributed by atoms with E-state index in [1.54, 1.807) is 17.0 Å². The highest BCUT2D eigenvalue weighted by atomic mass is 35.5. The summed E-state index contributed by atoms with van der Waals surface area (Å²) in [5.41, 5.74) is 1.47. The minimum atomic E-state index is -0.512. The van der Waals surface area contributed by atoms with E-state index in [2.05, 4.69) is 10.3 Å². The summed E-state index contributed by atoms with van der Waals surface area (Å²) in [6.07, 6.45) is 1.18. The average Bonchev–Trinajstić information content (AvgIpc) is 2.56. The minimum absolute atomic E-state index is 0.0767. The van der Waals surface area contributed by atoms with Crippen LogP contribution in [-0.2, 0) is 4.79 Å². The number of pyridine rings is 1. The SMILES string of the molecule is CCN(CC(=O)Nc1cc(Cl)ccc1C)c1ccc([N+](=O)[O-])cn1. The first kappa shape index (κ1) is 17.7. The number of nitro groups is 1. The van der Waals surface area contributed by atoms with Crippen molar-refractivity contribution in [2.75, 3.05) is 23.3 Å². The predicted molar refractivity (Wildman–Crippen MR) is 93.6 cm³/mol. The van der Waals surface area contributed by atoms with Crippen LogP contribution in [0.3, 0.4) is 0 Å². The third-order valence-corrected chi connectivity index (χ3v) is 3.69. The van der Waals surface area contributed by atoms with Crippen molar-refractivity contribution in [3.8, 4) is 0 Å². The first-order valence-corrected chi connectivity index (χ1v) is 7.70. The van der Waals surface area contributed by atoms with Gasteiger partial charge in [-0.1, -0.05) is 17.7 Å². The van der Waals surface area contributed by atoms with Crippen LogP contribution < -0.4 is 10.2 Å². The number of aromatic nitrogens is 1. The Kier molecular flexibility index (Phi) is 5.70. The number of halogens is 1. The molecule has 126 valence electrons. The van der Waals surface area contributed by atoms with E-state index in [0.29, 0.717) is 23.1 Å².